The van der Waals surface area contributed by atoms with Crippen LogP contribution in [0.4, 0.5) is 11.5 Å². The highest BCUT2D eigenvalue weighted by molar-refractivity contribution is 6.33. The summed E-state index contributed by atoms with van der Waals surface area (Å²) in [6.07, 6.45) is 1.16. The summed E-state index contributed by atoms with van der Waals surface area (Å²) in [5.41, 5.74) is 2.19. The number of nitro groups is 1. The third-order valence-electron chi connectivity index (χ3n) is 3.92. The Morgan fingerprint density at radius 3 is 2.91 bits per heavy atom. The van der Waals surface area contributed by atoms with Crippen LogP contribution in [-0.4, -0.2) is 29.6 Å². The lowest BCUT2D eigenvalue weighted by Gasteiger charge is -2.34. The Balaban J connectivity index is 1.84. The van der Waals surface area contributed by atoms with Gasteiger partial charge in [-0.3, -0.25) is 10.1 Å². The van der Waals surface area contributed by atoms with Crippen molar-refractivity contribution >= 4 is 23.1 Å². The summed E-state index contributed by atoms with van der Waals surface area (Å²) in [5, 5.41) is 11.1. The fourth-order valence-corrected chi connectivity index (χ4v) is 3.01. The molecule has 0 aliphatic carbocycles. The zero-order valence-electron chi connectivity index (χ0n) is 12.6. The van der Waals surface area contributed by atoms with Crippen molar-refractivity contribution in [1.82, 2.24) is 4.98 Å². The molecule has 3 rings (SSSR count). The average molecular weight is 334 g/mol. The maximum absolute atomic E-state index is 10.8. The number of aryl methyl sites for hydroxylation is 1. The van der Waals surface area contributed by atoms with E-state index in [2.05, 4.69) is 18.0 Å². The largest absolute Gasteiger partial charge is 0.370 e. The predicted octanol–water partition coefficient (Wildman–Crippen LogP) is 3.53. The Labute approximate surface area is 138 Å². The molecule has 2 aromatic rings. The van der Waals surface area contributed by atoms with E-state index in [9.17, 15) is 10.1 Å². The second kappa shape index (κ2) is 6.52. The molecule has 0 N–H and O–H groups in total. The molecule has 23 heavy (non-hydrogen) atoms. The second-order valence-electron chi connectivity index (χ2n) is 5.42. The summed E-state index contributed by atoms with van der Waals surface area (Å²) in [4.78, 5) is 16.5. The van der Waals surface area contributed by atoms with Crippen molar-refractivity contribution in [3.8, 4) is 0 Å². The molecule has 1 aliphatic heterocycles. The SMILES string of the molecule is Cc1ccccc1C1CN(c2ncc([N+](=O)[O-])cc2Cl)CCO1. The van der Waals surface area contributed by atoms with Crippen LogP contribution in [0, 0.1) is 17.0 Å². The number of hydrogen-bond donors (Lipinski definition) is 0. The Kier molecular flexibility index (Phi) is 4.45. The van der Waals surface area contributed by atoms with Gasteiger partial charge in [0.2, 0.25) is 0 Å². The smallest absolute Gasteiger partial charge is 0.289 e. The van der Waals surface area contributed by atoms with Gasteiger partial charge < -0.3 is 9.64 Å². The lowest BCUT2D eigenvalue weighted by Crippen LogP contribution is -2.39. The molecular weight excluding hydrogens is 318 g/mol. The summed E-state index contributed by atoms with van der Waals surface area (Å²) < 4.78 is 5.88. The van der Waals surface area contributed by atoms with E-state index in [1.54, 1.807) is 0 Å². The third-order valence-corrected chi connectivity index (χ3v) is 4.20. The van der Waals surface area contributed by atoms with Crippen LogP contribution in [0.1, 0.15) is 17.2 Å². The Morgan fingerprint density at radius 1 is 1.43 bits per heavy atom. The van der Waals surface area contributed by atoms with Crippen LogP contribution in [-0.2, 0) is 4.74 Å². The van der Waals surface area contributed by atoms with Crippen LogP contribution >= 0.6 is 11.6 Å². The van der Waals surface area contributed by atoms with Crippen LogP contribution in [0.2, 0.25) is 5.02 Å². The van der Waals surface area contributed by atoms with Crippen LogP contribution in [0.25, 0.3) is 0 Å². The first-order chi connectivity index (χ1) is 11.1. The maximum atomic E-state index is 10.8. The first-order valence-corrected chi connectivity index (χ1v) is 7.66. The summed E-state index contributed by atoms with van der Waals surface area (Å²) in [7, 11) is 0. The molecule has 2 heterocycles. The van der Waals surface area contributed by atoms with Crippen molar-refractivity contribution in [2.24, 2.45) is 0 Å². The molecule has 1 fully saturated rings. The minimum Gasteiger partial charge on any atom is -0.370 e. The molecule has 1 aromatic carbocycles. The predicted molar refractivity (Wildman–Crippen MR) is 88.0 cm³/mol. The number of pyridine rings is 1. The zero-order chi connectivity index (χ0) is 16.4. The van der Waals surface area contributed by atoms with E-state index in [-0.39, 0.29) is 16.8 Å². The minimum atomic E-state index is -0.502. The van der Waals surface area contributed by atoms with Crippen LogP contribution in [0.5, 0.6) is 0 Å². The third kappa shape index (κ3) is 3.28. The van der Waals surface area contributed by atoms with Crippen molar-refractivity contribution in [3.05, 3.63) is 62.8 Å². The van der Waals surface area contributed by atoms with Gasteiger partial charge in [0.25, 0.3) is 5.69 Å². The van der Waals surface area contributed by atoms with Gasteiger partial charge in [-0.15, -0.1) is 0 Å². The summed E-state index contributed by atoms with van der Waals surface area (Å²) in [6, 6.07) is 9.42. The van der Waals surface area contributed by atoms with E-state index in [1.807, 2.05) is 23.1 Å². The van der Waals surface area contributed by atoms with E-state index in [0.29, 0.717) is 25.5 Å². The number of aromatic nitrogens is 1. The molecule has 1 atom stereocenters. The topological polar surface area (TPSA) is 68.5 Å². The summed E-state index contributed by atoms with van der Waals surface area (Å²) in [5.74, 6) is 0.555. The number of benzene rings is 1. The molecule has 1 aromatic heterocycles. The molecule has 0 bridgehead atoms. The average Bonchev–Trinajstić information content (AvgIpc) is 2.55. The first kappa shape index (κ1) is 15.7. The Morgan fingerprint density at radius 2 is 2.22 bits per heavy atom. The van der Waals surface area contributed by atoms with Gasteiger partial charge in [0, 0.05) is 19.2 Å². The molecular formula is C16H16ClN3O3. The fraction of sp³-hybridized carbons (Fsp3) is 0.312. The zero-order valence-corrected chi connectivity index (χ0v) is 13.4. The van der Waals surface area contributed by atoms with E-state index in [0.717, 1.165) is 5.56 Å². The van der Waals surface area contributed by atoms with Crippen LogP contribution in [0.15, 0.2) is 36.5 Å². The summed E-state index contributed by atoms with van der Waals surface area (Å²) in [6.45, 7) is 3.85. The first-order valence-electron chi connectivity index (χ1n) is 7.28. The standard InChI is InChI=1S/C16H16ClN3O3/c1-11-4-2-3-5-13(11)15-10-19(6-7-23-15)16-14(17)8-12(9-18-16)20(21)22/h2-5,8-9,15H,6-7,10H2,1H3. The van der Waals surface area contributed by atoms with Gasteiger partial charge in [-0.1, -0.05) is 35.9 Å². The minimum absolute atomic E-state index is 0.0713. The molecule has 120 valence electrons. The number of hydrogen-bond acceptors (Lipinski definition) is 5. The van der Waals surface area contributed by atoms with Crippen molar-refractivity contribution in [2.75, 3.05) is 24.6 Å². The molecule has 0 spiro atoms. The number of anilines is 1. The number of nitrogens with zero attached hydrogens (tertiary/aromatic N) is 3. The molecule has 0 amide bonds. The fourth-order valence-electron chi connectivity index (χ4n) is 2.73. The lowest BCUT2D eigenvalue weighted by molar-refractivity contribution is -0.385. The highest BCUT2D eigenvalue weighted by atomic mass is 35.5. The molecule has 1 saturated heterocycles. The monoisotopic (exact) mass is 333 g/mol. The number of ether oxygens (including phenoxy) is 1. The van der Waals surface area contributed by atoms with E-state index < -0.39 is 4.92 Å². The lowest BCUT2D eigenvalue weighted by atomic mass is 10.0. The van der Waals surface area contributed by atoms with Gasteiger partial charge in [-0.25, -0.2) is 4.98 Å². The normalized spacial score (nSPS) is 18.0. The van der Waals surface area contributed by atoms with Gasteiger partial charge in [-0.05, 0) is 18.1 Å². The van der Waals surface area contributed by atoms with Gasteiger partial charge in [0.1, 0.15) is 18.1 Å². The van der Waals surface area contributed by atoms with Crippen molar-refractivity contribution in [3.63, 3.8) is 0 Å². The Hall–Kier alpha value is -2.18. The van der Waals surface area contributed by atoms with Gasteiger partial charge in [0.15, 0.2) is 0 Å². The van der Waals surface area contributed by atoms with Gasteiger partial charge >= 0.3 is 0 Å². The Bertz CT molecular complexity index is 738. The highest BCUT2D eigenvalue weighted by Gasteiger charge is 2.26. The van der Waals surface area contributed by atoms with E-state index >= 15 is 0 Å². The molecule has 1 unspecified atom stereocenters. The maximum Gasteiger partial charge on any atom is 0.289 e. The van der Waals surface area contributed by atoms with Crippen molar-refractivity contribution < 1.29 is 9.66 Å². The van der Waals surface area contributed by atoms with Gasteiger partial charge in [0.05, 0.1) is 16.6 Å². The molecule has 6 nitrogen and oxygen atoms in total. The highest BCUT2D eigenvalue weighted by Crippen LogP contribution is 2.32. The summed E-state index contributed by atoms with van der Waals surface area (Å²) >= 11 is 6.18. The van der Waals surface area contributed by atoms with Crippen molar-refractivity contribution in [1.29, 1.82) is 0 Å². The van der Waals surface area contributed by atoms with E-state index in [1.165, 1.54) is 17.8 Å². The van der Waals surface area contributed by atoms with Crippen molar-refractivity contribution in [2.45, 2.75) is 13.0 Å². The quantitative estimate of drug-likeness (QED) is 0.635. The number of rotatable bonds is 3. The van der Waals surface area contributed by atoms with E-state index in [4.69, 9.17) is 16.3 Å². The molecule has 0 radical (unpaired) electrons. The second-order valence-corrected chi connectivity index (χ2v) is 5.83. The molecule has 1 aliphatic rings. The molecule has 0 saturated carbocycles. The molecule has 7 heteroatoms. The number of halogens is 1. The van der Waals surface area contributed by atoms with Crippen LogP contribution in [0.3, 0.4) is 0 Å². The van der Waals surface area contributed by atoms with Gasteiger partial charge in [-0.2, -0.15) is 0 Å². The van der Waals surface area contributed by atoms with Crippen LogP contribution < -0.4 is 4.90 Å². The number of morpholine rings is 1.